The van der Waals surface area contributed by atoms with E-state index < -0.39 is 0 Å². The summed E-state index contributed by atoms with van der Waals surface area (Å²) >= 11 is 0. The lowest BCUT2D eigenvalue weighted by Crippen LogP contribution is -2.22. The molecule has 0 saturated heterocycles. The average Bonchev–Trinajstić information content (AvgIpc) is 2.53. The van der Waals surface area contributed by atoms with Gasteiger partial charge in [-0.25, -0.2) is 0 Å². The van der Waals surface area contributed by atoms with E-state index in [1.807, 2.05) is 24.3 Å². The number of nitrogens with one attached hydrogen (secondary N) is 1. The lowest BCUT2D eigenvalue weighted by atomic mass is 10.1. The zero-order valence-electron chi connectivity index (χ0n) is 12.2. The van der Waals surface area contributed by atoms with E-state index in [2.05, 4.69) is 24.1 Å². The first-order chi connectivity index (χ1) is 10.2. The van der Waals surface area contributed by atoms with Crippen LogP contribution >= 0.6 is 0 Å². The Morgan fingerprint density at radius 3 is 2.29 bits per heavy atom. The number of nitrogens with zero attached hydrogens (tertiary/aromatic N) is 4. The quantitative estimate of drug-likeness (QED) is 0.809. The van der Waals surface area contributed by atoms with Gasteiger partial charge in [-0.2, -0.15) is 15.8 Å². The number of allylic oxidation sites excluding steroid dienone is 2. The van der Waals surface area contributed by atoms with Crippen LogP contribution in [0.2, 0.25) is 0 Å². The van der Waals surface area contributed by atoms with Gasteiger partial charge < -0.3 is 5.32 Å². The van der Waals surface area contributed by atoms with Crippen LogP contribution in [-0.4, -0.2) is 18.0 Å². The monoisotopic (exact) mass is 279 g/mol. The van der Waals surface area contributed by atoms with Crippen molar-refractivity contribution in [3.63, 3.8) is 0 Å². The highest BCUT2D eigenvalue weighted by Crippen LogP contribution is 2.15. The van der Waals surface area contributed by atoms with E-state index in [1.165, 1.54) is 0 Å². The molecular formula is C16H17N5. The Balaban J connectivity index is 2.97. The largest absolute Gasteiger partial charge is 0.345 e. The first-order valence-electron chi connectivity index (χ1n) is 6.71. The molecule has 0 aliphatic heterocycles. The first-order valence-corrected chi connectivity index (χ1v) is 6.71. The van der Waals surface area contributed by atoms with Crippen LogP contribution in [0.15, 0.2) is 35.5 Å². The molecule has 0 bridgehead atoms. The molecule has 0 aliphatic carbocycles. The molecular weight excluding hydrogens is 262 g/mol. The minimum atomic E-state index is -0.216. The van der Waals surface area contributed by atoms with Crippen molar-refractivity contribution in [2.75, 3.05) is 18.4 Å². The summed E-state index contributed by atoms with van der Waals surface area (Å²) in [5.74, 6) is 0. The van der Waals surface area contributed by atoms with Crippen LogP contribution in [0.1, 0.15) is 19.4 Å². The van der Waals surface area contributed by atoms with E-state index in [0.29, 0.717) is 5.69 Å². The molecule has 0 atom stereocenters. The summed E-state index contributed by atoms with van der Waals surface area (Å²) in [4.78, 5) is 2.27. The fourth-order valence-corrected chi connectivity index (χ4v) is 1.88. The standard InChI is InChI=1S/C16H17N5/c1-3-21(4-2)12-13-6-5-7-15(8-13)20-16(11-19)14(9-17)10-18/h5-8,20H,3-4,12H2,1-2H3. The lowest BCUT2D eigenvalue weighted by molar-refractivity contribution is 0.296. The summed E-state index contributed by atoms with van der Waals surface area (Å²) in [6.07, 6.45) is 0. The van der Waals surface area contributed by atoms with E-state index in [-0.39, 0.29) is 11.3 Å². The average molecular weight is 279 g/mol. The second-order valence-electron chi connectivity index (χ2n) is 4.37. The van der Waals surface area contributed by atoms with Crippen LogP contribution in [0.4, 0.5) is 5.69 Å². The minimum Gasteiger partial charge on any atom is -0.345 e. The van der Waals surface area contributed by atoms with Gasteiger partial charge >= 0.3 is 0 Å². The molecule has 5 heteroatoms. The Hall–Kier alpha value is -2.81. The summed E-state index contributed by atoms with van der Waals surface area (Å²) in [6, 6.07) is 12.9. The Bertz CT molecular complexity index is 620. The molecule has 106 valence electrons. The van der Waals surface area contributed by atoms with Gasteiger partial charge in [0, 0.05) is 12.2 Å². The minimum absolute atomic E-state index is 0.0278. The van der Waals surface area contributed by atoms with Crippen molar-refractivity contribution in [1.29, 1.82) is 15.8 Å². The van der Waals surface area contributed by atoms with Crippen LogP contribution in [0.3, 0.4) is 0 Å². The van der Waals surface area contributed by atoms with Crippen molar-refractivity contribution in [3.8, 4) is 18.2 Å². The van der Waals surface area contributed by atoms with Gasteiger partial charge in [-0.1, -0.05) is 26.0 Å². The van der Waals surface area contributed by atoms with Gasteiger partial charge in [0.1, 0.15) is 23.9 Å². The molecule has 1 aromatic rings. The highest BCUT2D eigenvalue weighted by Gasteiger charge is 2.07. The van der Waals surface area contributed by atoms with Gasteiger partial charge in [0.05, 0.1) is 0 Å². The number of hydrogen-bond donors (Lipinski definition) is 1. The van der Waals surface area contributed by atoms with Crippen molar-refractivity contribution in [1.82, 2.24) is 4.90 Å². The zero-order chi connectivity index (χ0) is 15.7. The molecule has 0 amide bonds. The van der Waals surface area contributed by atoms with Gasteiger partial charge in [0.15, 0.2) is 5.57 Å². The number of hydrogen-bond acceptors (Lipinski definition) is 5. The number of nitriles is 3. The summed E-state index contributed by atoms with van der Waals surface area (Å²) in [7, 11) is 0. The maximum atomic E-state index is 9.03. The second-order valence-corrected chi connectivity index (χ2v) is 4.37. The first kappa shape index (κ1) is 16.2. The van der Waals surface area contributed by atoms with Gasteiger partial charge in [-0.15, -0.1) is 0 Å². The summed E-state index contributed by atoms with van der Waals surface area (Å²) in [6.45, 7) is 6.95. The smallest absolute Gasteiger partial charge is 0.163 e. The Labute approximate surface area is 125 Å². The van der Waals surface area contributed by atoms with E-state index in [1.54, 1.807) is 18.2 Å². The maximum absolute atomic E-state index is 9.03. The van der Waals surface area contributed by atoms with Gasteiger partial charge in [0.25, 0.3) is 0 Å². The zero-order valence-corrected chi connectivity index (χ0v) is 12.2. The summed E-state index contributed by atoms with van der Waals surface area (Å²) in [5, 5.41) is 29.5. The Morgan fingerprint density at radius 1 is 1.10 bits per heavy atom. The van der Waals surface area contributed by atoms with E-state index in [0.717, 1.165) is 25.2 Å². The predicted molar refractivity (Wildman–Crippen MR) is 80.6 cm³/mol. The summed E-state index contributed by atoms with van der Waals surface area (Å²) in [5.41, 5.74) is 1.56. The molecule has 21 heavy (non-hydrogen) atoms. The van der Waals surface area contributed by atoms with Crippen LogP contribution in [0, 0.1) is 34.0 Å². The molecule has 0 aliphatic rings. The maximum Gasteiger partial charge on any atom is 0.163 e. The van der Waals surface area contributed by atoms with Crippen molar-refractivity contribution in [2.45, 2.75) is 20.4 Å². The fraction of sp³-hybridized carbons (Fsp3) is 0.312. The van der Waals surface area contributed by atoms with Crippen molar-refractivity contribution < 1.29 is 0 Å². The molecule has 0 fully saturated rings. The van der Waals surface area contributed by atoms with Crippen molar-refractivity contribution in [2.24, 2.45) is 0 Å². The van der Waals surface area contributed by atoms with Crippen molar-refractivity contribution in [3.05, 3.63) is 41.1 Å². The summed E-state index contributed by atoms with van der Waals surface area (Å²) < 4.78 is 0. The van der Waals surface area contributed by atoms with Crippen LogP contribution < -0.4 is 5.32 Å². The molecule has 0 heterocycles. The molecule has 0 radical (unpaired) electrons. The third kappa shape index (κ3) is 4.66. The second kappa shape index (κ2) is 8.38. The van der Waals surface area contributed by atoms with Gasteiger partial charge in [-0.3, -0.25) is 4.90 Å². The SMILES string of the molecule is CCN(CC)Cc1cccc(NC(C#N)=C(C#N)C#N)c1. The van der Waals surface area contributed by atoms with Crippen LogP contribution in [0.5, 0.6) is 0 Å². The van der Waals surface area contributed by atoms with E-state index in [4.69, 9.17) is 15.8 Å². The van der Waals surface area contributed by atoms with Crippen LogP contribution in [0.25, 0.3) is 0 Å². The fourth-order valence-electron chi connectivity index (χ4n) is 1.88. The Kier molecular flexibility index (Phi) is 6.48. The lowest BCUT2D eigenvalue weighted by Gasteiger charge is -2.18. The highest BCUT2D eigenvalue weighted by atomic mass is 15.1. The molecule has 0 aromatic heterocycles. The molecule has 0 spiro atoms. The highest BCUT2D eigenvalue weighted by molar-refractivity contribution is 5.58. The van der Waals surface area contributed by atoms with Gasteiger partial charge in [-0.05, 0) is 30.8 Å². The predicted octanol–water partition coefficient (Wildman–Crippen LogP) is 2.77. The Morgan fingerprint density at radius 2 is 1.76 bits per heavy atom. The molecule has 0 unspecified atom stereocenters. The topological polar surface area (TPSA) is 86.6 Å². The number of benzene rings is 1. The molecule has 1 rings (SSSR count). The molecule has 5 nitrogen and oxygen atoms in total. The number of rotatable bonds is 6. The normalized spacial score (nSPS) is 9.33. The van der Waals surface area contributed by atoms with E-state index >= 15 is 0 Å². The third-order valence-electron chi connectivity index (χ3n) is 3.08. The molecule has 1 aromatic carbocycles. The third-order valence-corrected chi connectivity index (χ3v) is 3.08. The van der Waals surface area contributed by atoms with Gasteiger partial charge in [0.2, 0.25) is 0 Å². The molecule has 0 saturated carbocycles. The van der Waals surface area contributed by atoms with Crippen LogP contribution in [-0.2, 0) is 6.54 Å². The van der Waals surface area contributed by atoms with Crippen molar-refractivity contribution >= 4 is 5.69 Å². The molecule has 1 N–H and O–H groups in total. The number of anilines is 1. The van der Waals surface area contributed by atoms with E-state index in [9.17, 15) is 0 Å².